The molecule has 226 valence electrons. The van der Waals surface area contributed by atoms with Crippen LogP contribution in [0.25, 0.3) is 0 Å². The van der Waals surface area contributed by atoms with Gasteiger partial charge in [0, 0.05) is 5.56 Å². The highest BCUT2D eigenvalue weighted by Crippen LogP contribution is 2.49. The average molecular weight is 551 g/mol. The van der Waals surface area contributed by atoms with Crippen molar-refractivity contribution in [1.82, 2.24) is 0 Å². The van der Waals surface area contributed by atoms with E-state index in [4.69, 9.17) is 14.2 Å². The monoisotopic (exact) mass is 550 g/mol. The molecule has 0 atom stereocenters. The Morgan fingerprint density at radius 3 is 1.44 bits per heavy atom. The zero-order valence-corrected chi connectivity index (χ0v) is 25.6. The number of phenols is 1. The first-order valence-corrected chi connectivity index (χ1v) is 16.1. The third-order valence-corrected chi connectivity index (χ3v) is 7.16. The molecule has 0 aliphatic carbocycles. The molecule has 0 saturated heterocycles. The number of aromatic carboxylic acids is 1. The molecule has 1 aromatic rings. The van der Waals surface area contributed by atoms with Crippen molar-refractivity contribution in [2.45, 2.75) is 150 Å². The lowest BCUT2D eigenvalue weighted by Gasteiger charge is -2.23. The zero-order chi connectivity index (χ0) is 28.7. The van der Waals surface area contributed by atoms with E-state index in [-0.39, 0.29) is 22.8 Å². The standard InChI is InChI=1S/C33H58O6/c1-5-9-13-15-17-19-23-27-30(37-26-22-18-16-14-10-6-2)29(34)28(33(35)36)32(39-25-21-12-8-4)31(27)38-24-20-11-7-3/h34H,5-26H2,1-4H3,(H,35,36). The third kappa shape index (κ3) is 13.7. The predicted octanol–water partition coefficient (Wildman–Crippen LogP) is 9.87. The third-order valence-electron chi connectivity index (χ3n) is 7.16. The van der Waals surface area contributed by atoms with Crippen molar-refractivity contribution < 1.29 is 29.2 Å². The van der Waals surface area contributed by atoms with E-state index in [1.165, 1.54) is 38.5 Å². The highest BCUT2D eigenvalue weighted by atomic mass is 16.5. The molecule has 0 heterocycles. The van der Waals surface area contributed by atoms with E-state index in [0.717, 1.165) is 82.6 Å². The molecule has 0 amide bonds. The Morgan fingerprint density at radius 1 is 0.538 bits per heavy atom. The lowest BCUT2D eigenvalue weighted by Crippen LogP contribution is -2.13. The molecule has 2 N–H and O–H groups in total. The fraction of sp³-hybridized carbons (Fsp3) is 0.788. The maximum Gasteiger partial charge on any atom is 0.343 e. The number of ether oxygens (including phenoxy) is 3. The van der Waals surface area contributed by atoms with E-state index in [1.54, 1.807) is 0 Å². The van der Waals surface area contributed by atoms with Gasteiger partial charge in [-0.2, -0.15) is 0 Å². The molecule has 6 nitrogen and oxygen atoms in total. The molecule has 0 aromatic heterocycles. The SMILES string of the molecule is CCCCCCCCOc1c(O)c(C(=O)O)c(OCCCCC)c(OCCCCC)c1CCCCCCCC. The maximum absolute atomic E-state index is 12.4. The van der Waals surface area contributed by atoms with Gasteiger partial charge in [-0.3, -0.25) is 0 Å². The van der Waals surface area contributed by atoms with Crippen LogP contribution in [0.3, 0.4) is 0 Å². The molecule has 0 aliphatic rings. The molecule has 0 spiro atoms. The fourth-order valence-electron chi connectivity index (χ4n) is 4.78. The lowest BCUT2D eigenvalue weighted by molar-refractivity contribution is 0.0686. The second-order valence-electron chi connectivity index (χ2n) is 10.7. The first kappa shape index (κ1) is 34.9. The largest absolute Gasteiger partial charge is 0.504 e. The van der Waals surface area contributed by atoms with Gasteiger partial charge in [0.25, 0.3) is 0 Å². The molecular formula is C33H58O6. The Bertz CT molecular complexity index is 776. The number of aromatic hydroxyl groups is 1. The van der Waals surface area contributed by atoms with Crippen LogP contribution >= 0.6 is 0 Å². The van der Waals surface area contributed by atoms with Crippen LogP contribution in [0.15, 0.2) is 0 Å². The molecular weight excluding hydrogens is 492 g/mol. The van der Waals surface area contributed by atoms with Crippen molar-refractivity contribution in [2.75, 3.05) is 19.8 Å². The van der Waals surface area contributed by atoms with Gasteiger partial charge in [0.05, 0.1) is 19.8 Å². The van der Waals surface area contributed by atoms with Gasteiger partial charge >= 0.3 is 5.97 Å². The van der Waals surface area contributed by atoms with Crippen LogP contribution in [0.4, 0.5) is 0 Å². The second kappa shape index (κ2) is 22.7. The predicted molar refractivity (Wildman–Crippen MR) is 161 cm³/mol. The minimum Gasteiger partial charge on any atom is -0.504 e. The van der Waals surface area contributed by atoms with Crippen LogP contribution in [0.2, 0.25) is 0 Å². The number of unbranched alkanes of at least 4 members (excludes halogenated alkanes) is 14. The average Bonchev–Trinajstić information content (AvgIpc) is 2.92. The van der Waals surface area contributed by atoms with Gasteiger partial charge in [-0.05, 0) is 32.1 Å². The highest BCUT2D eigenvalue weighted by molar-refractivity contribution is 5.97. The fourth-order valence-corrected chi connectivity index (χ4v) is 4.78. The number of carboxylic acid groups (broad SMARTS) is 1. The summed E-state index contributed by atoms with van der Waals surface area (Å²) in [6.45, 7) is 9.97. The first-order valence-electron chi connectivity index (χ1n) is 16.1. The zero-order valence-electron chi connectivity index (χ0n) is 25.6. The quantitative estimate of drug-likeness (QED) is 0.112. The number of carbonyl (C=O) groups is 1. The van der Waals surface area contributed by atoms with E-state index < -0.39 is 5.97 Å². The van der Waals surface area contributed by atoms with Gasteiger partial charge in [-0.1, -0.05) is 118 Å². The van der Waals surface area contributed by atoms with Crippen LogP contribution in [0.5, 0.6) is 23.0 Å². The van der Waals surface area contributed by atoms with Crippen molar-refractivity contribution in [3.05, 3.63) is 11.1 Å². The summed E-state index contributed by atoms with van der Waals surface area (Å²) < 4.78 is 18.6. The summed E-state index contributed by atoms with van der Waals surface area (Å²) >= 11 is 0. The van der Waals surface area contributed by atoms with E-state index >= 15 is 0 Å². The Hall–Kier alpha value is -2.11. The minimum atomic E-state index is -1.23. The van der Waals surface area contributed by atoms with Crippen molar-refractivity contribution >= 4 is 5.97 Å². The Kier molecular flexibility index (Phi) is 20.3. The van der Waals surface area contributed by atoms with Crippen LogP contribution in [0.1, 0.15) is 159 Å². The van der Waals surface area contributed by atoms with E-state index in [0.29, 0.717) is 32.0 Å². The van der Waals surface area contributed by atoms with Gasteiger partial charge < -0.3 is 24.4 Å². The number of carboxylic acids is 1. The number of rotatable bonds is 26. The van der Waals surface area contributed by atoms with E-state index in [1.807, 2.05) is 0 Å². The topological polar surface area (TPSA) is 85.2 Å². The summed E-state index contributed by atoms with van der Waals surface area (Å²) in [5.74, 6) is -0.696. The van der Waals surface area contributed by atoms with Crippen LogP contribution in [-0.2, 0) is 6.42 Å². The van der Waals surface area contributed by atoms with Gasteiger partial charge in [0.1, 0.15) is 0 Å². The molecule has 0 radical (unpaired) electrons. The number of benzene rings is 1. The number of hydrogen-bond donors (Lipinski definition) is 2. The van der Waals surface area contributed by atoms with Gasteiger partial charge in [-0.25, -0.2) is 4.79 Å². The molecule has 0 aliphatic heterocycles. The van der Waals surface area contributed by atoms with Crippen molar-refractivity contribution in [2.24, 2.45) is 0 Å². The van der Waals surface area contributed by atoms with E-state index in [9.17, 15) is 15.0 Å². The highest BCUT2D eigenvalue weighted by Gasteiger charge is 2.31. The summed E-state index contributed by atoms with van der Waals surface area (Å²) in [5.41, 5.74) is 0.502. The summed E-state index contributed by atoms with van der Waals surface area (Å²) in [5, 5.41) is 21.4. The van der Waals surface area contributed by atoms with Crippen molar-refractivity contribution in [1.29, 1.82) is 0 Å². The smallest absolute Gasteiger partial charge is 0.343 e. The van der Waals surface area contributed by atoms with Crippen molar-refractivity contribution in [3.63, 3.8) is 0 Å². The molecule has 6 heteroatoms. The second-order valence-corrected chi connectivity index (χ2v) is 10.7. The van der Waals surface area contributed by atoms with Gasteiger partial charge in [-0.15, -0.1) is 0 Å². The maximum atomic E-state index is 12.4. The molecule has 0 fully saturated rings. The summed E-state index contributed by atoms with van der Waals surface area (Å²) in [4.78, 5) is 12.4. The Morgan fingerprint density at radius 2 is 0.923 bits per heavy atom. The van der Waals surface area contributed by atoms with Crippen molar-refractivity contribution in [3.8, 4) is 23.0 Å². The molecule has 0 unspecified atom stereocenters. The number of hydrogen-bond acceptors (Lipinski definition) is 5. The molecule has 39 heavy (non-hydrogen) atoms. The van der Waals surface area contributed by atoms with E-state index in [2.05, 4.69) is 27.7 Å². The minimum absolute atomic E-state index is 0.153. The van der Waals surface area contributed by atoms with Crippen LogP contribution in [0, 0.1) is 0 Å². The molecule has 1 rings (SSSR count). The Balaban J connectivity index is 3.33. The molecule has 0 saturated carbocycles. The Labute approximate surface area is 238 Å². The summed E-state index contributed by atoms with van der Waals surface area (Å²) in [7, 11) is 0. The van der Waals surface area contributed by atoms with Gasteiger partial charge in [0.15, 0.2) is 28.6 Å². The van der Waals surface area contributed by atoms with Gasteiger partial charge in [0.2, 0.25) is 0 Å². The first-order chi connectivity index (χ1) is 19.0. The van der Waals surface area contributed by atoms with Crippen LogP contribution < -0.4 is 14.2 Å². The summed E-state index contributed by atoms with van der Waals surface area (Å²) in [6.07, 6.45) is 20.0. The summed E-state index contributed by atoms with van der Waals surface area (Å²) in [6, 6.07) is 0. The molecule has 1 aromatic carbocycles. The van der Waals surface area contributed by atoms with Crippen LogP contribution in [-0.4, -0.2) is 36.0 Å². The lowest BCUT2D eigenvalue weighted by atomic mass is 9.99. The normalized spacial score (nSPS) is 11.1. The molecule has 0 bridgehead atoms.